The molecule has 4 aromatic rings. The van der Waals surface area contributed by atoms with E-state index in [4.69, 9.17) is 0 Å². The van der Waals surface area contributed by atoms with Crippen LogP contribution in [0.2, 0.25) is 0 Å². The summed E-state index contributed by atoms with van der Waals surface area (Å²) < 4.78 is 15.2. The van der Waals surface area contributed by atoms with Crippen LogP contribution in [0.5, 0.6) is 5.88 Å². The molecule has 0 amide bonds. The van der Waals surface area contributed by atoms with Crippen molar-refractivity contribution >= 4 is 33.1 Å². The number of hydrogen-bond donors (Lipinski definition) is 1. The normalized spacial score (nSPS) is 17.6. The zero-order valence-electron chi connectivity index (χ0n) is 17.8. The van der Waals surface area contributed by atoms with E-state index >= 15 is 0 Å². The first-order valence-corrected chi connectivity index (χ1v) is 11.1. The second-order valence-electron chi connectivity index (χ2n) is 8.84. The molecule has 1 atom stereocenters. The van der Waals surface area contributed by atoms with Crippen LogP contribution in [0.4, 0.5) is 15.2 Å². The number of halogens is 1. The fraction of sp³-hybridized carbons (Fsp3) is 0.292. The molecule has 5 nitrogen and oxygen atoms in total. The van der Waals surface area contributed by atoms with Gasteiger partial charge in [0, 0.05) is 21.9 Å². The monoisotopic (exact) mass is 434 g/mol. The van der Waals surface area contributed by atoms with E-state index in [9.17, 15) is 9.50 Å². The number of aryl methyl sites for hydroxylation is 1. The minimum absolute atomic E-state index is 0.140. The van der Waals surface area contributed by atoms with Gasteiger partial charge in [0.25, 0.3) is 0 Å². The van der Waals surface area contributed by atoms with E-state index in [0.29, 0.717) is 16.7 Å². The lowest BCUT2D eigenvalue weighted by atomic mass is 9.82. The van der Waals surface area contributed by atoms with Crippen LogP contribution < -0.4 is 0 Å². The second kappa shape index (κ2) is 6.99. The quantitative estimate of drug-likeness (QED) is 0.338. The Morgan fingerprint density at radius 3 is 2.65 bits per heavy atom. The number of nitrogens with zero attached hydrogens (tertiary/aromatic N) is 4. The maximum absolute atomic E-state index is 13.2. The summed E-state index contributed by atoms with van der Waals surface area (Å²) >= 11 is 1.36. The van der Waals surface area contributed by atoms with Crippen molar-refractivity contribution in [3.8, 4) is 17.1 Å². The minimum Gasteiger partial charge on any atom is -0.493 e. The first-order valence-electron chi connectivity index (χ1n) is 10.3. The van der Waals surface area contributed by atoms with Crippen molar-refractivity contribution in [2.45, 2.75) is 45.6 Å². The summed E-state index contributed by atoms with van der Waals surface area (Å²) in [5.41, 5.74) is 5.11. The van der Waals surface area contributed by atoms with E-state index in [-0.39, 0.29) is 17.2 Å². The molecule has 0 radical (unpaired) electrons. The summed E-state index contributed by atoms with van der Waals surface area (Å²) in [6, 6.07) is 10.4. The van der Waals surface area contributed by atoms with E-state index < -0.39 is 0 Å². The number of thiazole rings is 1. The van der Waals surface area contributed by atoms with Gasteiger partial charge in [0.1, 0.15) is 5.82 Å². The van der Waals surface area contributed by atoms with Gasteiger partial charge in [0.15, 0.2) is 5.69 Å². The van der Waals surface area contributed by atoms with E-state index in [0.717, 1.165) is 34.1 Å². The third-order valence-corrected chi connectivity index (χ3v) is 6.84. The Labute approximate surface area is 183 Å². The zero-order valence-corrected chi connectivity index (χ0v) is 18.7. The molecule has 158 valence electrons. The lowest BCUT2D eigenvalue weighted by Gasteiger charge is -2.37. The number of aromatic nitrogens is 2. The number of benzene rings is 2. The molecule has 0 saturated carbocycles. The molecule has 1 aliphatic heterocycles. The Kier molecular flexibility index (Phi) is 4.48. The van der Waals surface area contributed by atoms with Crippen molar-refractivity contribution in [2.75, 3.05) is 0 Å². The Hall–Kier alpha value is -3.06. The third-order valence-electron chi connectivity index (χ3n) is 6.11. The van der Waals surface area contributed by atoms with E-state index in [1.165, 1.54) is 29.0 Å². The molecule has 0 aliphatic carbocycles. The van der Waals surface area contributed by atoms with Gasteiger partial charge >= 0.3 is 0 Å². The van der Waals surface area contributed by atoms with E-state index in [1.807, 2.05) is 16.9 Å². The van der Waals surface area contributed by atoms with E-state index in [2.05, 4.69) is 48.1 Å². The number of aromatic hydroxyl groups is 1. The van der Waals surface area contributed by atoms with Gasteiger partial charge in [-0.15, -0.1) is 21.6 Å². The van der Waals surface area contributed by atoms with Crippen molar-refractivity contribution < 1.29 is 9.50 Å². The molecule has 0 fully saturated rings. The van der Waals surface area contributed by atoms with Gasteiger partial charge in [-0.1, -0.05) is 19.1 Å². The molecule has 7 heteroatoms. The lowest BCUT2D eigenvalue weighted by Crippen LogP contribution is -2.31. The van der Waals surface area contributed by atoms with Gasteiger partial charge < -0.3 is 9.67 Å². The number of rotatable bonds is 3. The number of hydrogen-bond acceptors (Lipinski definition) is 5. The summed E-state index contributed by atoms with van der Waals surface area (Å²) in [6.07, 6.45) is 0.935. The van der Waals surface area contributed by atoms with Gasteiger partial charge in [-0.25, -0.2) is 9.37 Å². The summed E-state index contributed by atoms with van der Waals surface area (Å²) in [7, 11) is 0. The Morgan fingerprint density at radius 1 is 1.16 bits per heavy atom. The fourth-order valence-corrected chi connectivity index (χ4v) is 5.40. The molecule has 3 heterocycles. The molecule has 0 saturated heterocycles. The van der Waals surface area contributed by atoms with Crippen molar-refractivity contribution in [1.29, 1.82) is 0 Å². The van der Waals surface area contributed by atoms with Crippen LogP contribution in [0.25, 0.3) is 22.2 Å². The molecular formula is C24H23FN4OS. The third kappa shape index (κ3) is 3.15. The summed E-state index contributed by atoms with van der Waals surface area (Å²) in [5.74, 6) is 0.249. The Bertz CT molecular complexity index is 1330. The molecular weight excluding hydrogens is 411 g/mol. The number of azo groups is 1. The highest BCUT2D eigenvalue weighted by atomic mass is 32.1. The van der Waals surface area contributed by atoms with Crippen LogP contribution >= 0.6 is 11.3 Å². The SMILES string of the molecule is Cc1ccc2c3c1c(N=Nc1nc(-c4ccc(F)cc4)cs1)c(O)n3C(C)(C)CC2C. The highest BCUT2D eigenvalue weighted by molar-refractivity contribution is 7.13. The molecule has 0 bridgehead atoms. The largest absolute Gasteiger partial charge is 0.493 e. The highest BCUT2D eigenvalue weighted by Gasteiger charge is 2.36. The van der Waals surface area contributed by atoms with E-state index in [1.54, 1.807) is 12.1 Å². The van der Waals surface area contributed by atoms with Crippen LogP contribution in [0.15, 0.2) is 52.0 Å². The van der Waals surface area contributed by atoms with Gasteiger partial charge in [-0.2, -0.15) is 0 Å². The smallest absolute Gasteiger partial charge is 0.230 e. The molecule has 1 unspecified atom stereocenters. The topological polar surface area (TPSA) is 62.8 Å². The molecule has 31 heavy (non-hydrogen) atoms. The van der Waals surface area contributed by atoms with Gasteiger partial charge in [0.2, 0.25) is 11.0 Å². The van der Waals surface area contributed by atoms with Crippen molar-refractivity contribution in [3.63, 3.8) is 0 Å². The lowest BCUT2D eigenvalue weighted by molar-refractivity contribution is 0.267. The molecule has 0 spiro atoms. The minimum atomic E-state index is -0.282. The summed E-state index contributed by atoms with van der Waals surface area (Å²) in [6.45, 7) is 8.55. The van der Waals surface area contributed by atoms with Crippen LogP contribution in [0, 0.1) is 12.7 Å². The highest BCUT2D eigenvalue weighted by Crippen LogP contribution is 2.51. The van der Waals surface area contributed by atoms with Gasteiger partial charge in [0.05, 0.1) is 11.2 Å². The Morgan fingerprint density at radius 2 is 1.90 bits per heavy atom. The standard InChI is InChI=1S/C24H23FN4OS/c1-13-5-10-17-14(2)11-24(3,4)29-21(17)19(13)20(22(29)30)27-28-23-26-18(12-31-23)15-6-8-16(25)9-7-15/h5-10,12,14,30H,11H2,1-4H3. The van der Waals surface area contributed by atoms with Crippen LogP contribution in [-0.4, -0.2) is 14.7 Å². The zero-order chi connectivity index (χ0) is 21.9. The summed E-state index contributed by atoms with van der Waals surface area (Å²) in [4.78, 5) is 4.50. The van der Waals surface area contributed by atoms with Crippen LogP contribution in [0.3, 0.4) is 0 Å². The van der Waals surface area contributed by atoms with Crippen molar-refractivity contribution in [3.05, 3.63) is 58.7 Å². The van der Waals surface area contributed by atoms with Crippen LogP contribution in [0.1, 0.15) is 44.2 Å². The van der Waals surface area contributed by atoms with Gasteiger partial charge in [-0.05, 0) is 68.5 Å². The van der Waals surface area contributed by atoms with Crippen molar-refractivity contribution in [1.82, 2.24) is 9.55 Å². The van der Waals surface area contributed by atoms with Crippen molar-refractivity contribution in [2.24, 2.45) is 10.2 Å². The van der Waals surface area contributed by atoms with Crippen LogP contribution in [-0.2, 0) is 5.54 Å². The molecule has 2 aromatic carbocycles. The fourth-order valence-electron chi connectivity index (χ4n) is 4.76. The predicted molar refractivity (Wildman–Crippen MR) is 122 cm³/mol. The molecule has 2 aromatic heterocycles. The van der Waals surface area contributed by atoms with Gasteiger partial charge in [-0.3, -0.25) is 0 Å². The maximum Gasteiger partial charge on any atom is 0.230 e. The summed E-state index contributed by atoms with van der Waals surface area (Å²) in [5, 5.41) is 23.2. The average Bonchev–Trinajstić information content (AvgIpc) is 3.29. The second-order valence-corrected chi connectivity index (χ2v) is 9.68. The molecule has 5 rings (SSSR count). The average molecular weight is 435 g/mol. The first-order chi connectivity index (χ1) is 14.8. The predicted octanol–water partition coefficient (Wildman–Crippen LogP) is 7.58. The maximum atomic E-state index is 13.2. The molecule has 1 aliphatic rings. The molecule has 1 N–H and O–H groups in total. The Balaban J connectivity index is 1.60. The first kappa shape index (κ1) is 19.9.